The highest BCUT2D eigenvalue weighted by Crippen LogP contribution is 2.22. The van der Waals surface area contributed by atoms with Crippen LogP contribution < -0.4 is 0 Å². The molecular formula is C11H23NO2. The average Bonchev–Trinajstić information content (AvgIpc) is 2.03. The zero-order valence-corrected chi connectivity index (χ0v) is 10.0. The molecule has 0 aliphatic rings. The van der Waals surface area contributed by atoms with Crippen molar-refractivity contribution in [2.75, 3.05) is 13.6 Å². The Bertz CT molecular complexity index is 188. The summed E-state index contributed by atoms with van der Waals surface area (Å²) < 4.78 is 0. The molecule has 1 N–H and O–H groups in total. The van der Waals surface area contributed by atoms with Crippen LogP contribution >= 0.6 is 0 Å². The standard InChI is InChI=1S/C11H23NO2/c1-9(2)12(5)8-6-7-11(3,4)10(13)14/h9H,6-8H2,1-5H3,(H,13,14). The summed E-state index contributed by atoms with van der Waals surface area (Å²) in [5, 5.41) is 8.90. The van der Waals surface area contributed by atoms with Crippen LogP contribution in [0.25, 0.3) is 0 Å². The lowest BCUT2D eigenvalue weighted by Crippen LogP contribution is -2.29. The van der Waals surface area contributed by atoms with E-state index in [2.05, 4.69) is 25.8 Å². The fourth-order valence-corrected chi connectivity index (χ4v) is 1.14. The molecule has 0 saturated heterocycles. The van der Waals surface area contributed by atoms with Crippen molar-refractivity contribution in [3.8, 4) is 0 Å². The third-order valence-electron chi connectivity index (χ3n) is 2.77. The normalized spacial score (nSPS) is 12.5. The minimum absolute atomic E-state index is 0.531. The Morgan fingerprint density at radius 3 is 2.29 bits per heavy atom. The SMILES string of the molecule is CC(C)N(C)CCCC(C)(C)C(=O)O. The summed E-state index contributed by atoms with van der Waals surface area (Å²) in [6.07, 6.45) is 1.67. The molecule has 0 heterocycles. The summed E-state index contributed by atoms with van der Waals surface area (Å²) in [7, 11) is 2.07. The van der Waals surface area contributed by atoms with E-state index in [0.29, 0.717) is 6.04 Å². The number of hydrogen-bond donors (Lipinski definition) is 1. The Labute approximate surface area is 87.1 Å². The molecule has 0 atom stereocenters. The van der Waals surface area contributed by atoms with Crippen LogP contribution in [0, 0.1) is 5.41 Å². The van der Waals surface area contributed by atoms with Crippen LogP contribution in [0.5, 0.6) is 0 Å². The first kappa shape index (κ1) is 13.4. The third kappa shape index (κ3) is 4.61. The van der Waals surface area contributed by atoms with Gasteiger partial charge < -0.3 is 10.0 Å². The maximum Gasteiger partial charge on any atom is 0.309 e. The van der Waals surface area contributed by atoms with Gasteiger partial charge in [0.25, 0.3) is 0 Å². The van der Waals surface area contributed by atoms with Crippen molar-refractivity contribution in [1.29, 1.82) is 0 Å². The van der Waals surface area contributed by atoms with Gasteiger partial charge in [0.15, 0.2) is 0 Å². The Balaban J connectivity index is 3.79. The van der Waals surface area contributed by atoms with E-state index in [4.69, 9.17) is 5.11 Å². The quantitative estimate of drug-likeness (QED) is 0.716. The predicted octanol–water partition coefficient (Wildman–Crippen LogP) is 2.22. The summed E-state index contributed by atoms with van der Waals surface area (Å²) in [5.74, 6) is -0.704. The van der Waals surface area contributed by atoms with E-state index >= 15 is 0 Å². The second-order valence-electron chi connectivity index (χ2n) is 4.87. The largest absolute Gasteiger partial charge is 0.481 e. The molecule has 0 unspecified atom stereocenters. The van der Waals surface area contributed by atoms with Gasteiger partial charge in [-0.05, 0) is 54.1 Å². The third-order valence-corrected chi connectivity index (χ3v) is 2.77. The summed E-state index contributed by atoms with van der Waals surface area (Å²) in [6, 6.07) is 0.531. The molecule has 84 valence electrons. The highest BCUT2D eigenvalue weighted by Gasteiger charge is 2.26. The van der Waals surface area contributed by atoms with Crippen molar-refractivity contribution >= 4 is 5.97 Å². The number of carboxylic acid groups (broad SMARTS) is 1. The lowest BCUT2D eigenvalue weighted by molar-refractivity contribution is -0.147. The molecule has 3 nitrogen and oxygen atoms in total. The first-order valence-corrected chi connectivity index (χ1v) is 5.21. The highest BCUT2D eigenvalue weighted by molar-refractivity contribution is 5.73. The van der Waals surface area contributed by atoms with Gasteiger partial charge in [-0.1, -0.05) is 0 Å². The van der Waals surface area contributed by atoms with Gasteiger partial charge in [-0.25, -0.2) is 0 Å². The molecule has 0 rings (SSSR count). The van der Waals surface area contributed by atoms with Gasteiger partial charge in [0, 0.05) is 6.04 Å². The molecule has 0 bridgehead atoms. The summed E-state index contributed by atoms with van der Waals surface area (Å²) in [5.41, 5.74) is -0.585. The Hall–Kier alpha value is -0.570. The monoisotopic (exact) mass is 201 g/mol. The summed E-state index contributed by atoms with van der Waals surface area (Å²) in [6.45, 7) is 8.81. The number of carbonyl (C=O) groups is 1. The van der Waals surface area contributed by atoms with Gasteiger partial charge in [0.05, 0.1) is 5.41 Å². The second kappa shape index (κ2) is 5.35. The van der Waals surface area contributed by atoms with E-state index < -0.39 is 11.4 Å². The van der Waals surface area contributed by atoms with Crippen molar-refractivity contribution in [3.05, 3.63) is 0 Å². The second-order valence-corrected chi connectivity index (χ2v) is 4.87. The Morgan fingerprint density at radius 1 is 1.43 bits per heavy atom. The molecular weight excluding hydrogens is 178 g/mol. The predicted molar refractivity (Wildman–Crippen MR) is 58.4 cm³/mol. The molecule has 0 fully saturated rings. The number of nitrogens with zero attached hydrogens (tertiary/aromatic N) is 1. The summed E-state index contributed by atoms with van der Waals surface area (Å²) in [4.78, 5) is 13.1. The molecule has 0 aliphatic heterocycles. The topological polar surface area (TPSA) is 40.5 Å². The van der Waals surface area contributed by atoms with Gasteiger partial charge in [-0.2, -0.15) is 0 Å². The van der Waals surface area contributed by atoms with Crippen LogP contribution in [-0.4, -0.2) is 35.6 Å². The van der Waals surface area contributed by atoms with Gasteiger partial charge in [0.2, 0.25) is 0 Å². The number of carboxylic acids is 1. The fourth-order valence-electron chi connectivity index (χ4n) is 1.14. The van der Waals surface area contributed by atoms with Crippen LogP contribution in [-0.2, 0) is 4.79 Å². The van der Waals surface area contributed by atoms with Crippen molar-refractivity contribution in [2.45, 2.75) is 46.6 Å². The first-order valence-electron chi connectivity index (χ1n) is 5.21. The maximum atomic E-state index is 10.8. The van der Waals surface area contributed by atoms with E-state index in [-0.39, 0.29) is 0 Å². The van der Waals surface area contributed by atoms with E-state index in [1.165, 1.54) is 0 Å². The van der Waals surface area contributed by atoms with Crippen LogP contribution in [0.3, 0.4) is 0 Å². The van der Waals surface area contributed by atoms with Gasteiger partial charge >= 0.3 is 5.97 Å². The lowest BCUT2D eigenvalue weighted by Gasteiger charge is -2.24. The van der Waals surface area contributed by atoms with E-state index in [1.807, 2.05) is 0 Å². The molecule has 0 saturated carbocycles. The minimum atomic E-state index is -0.704. The number of aliphatic carboxylic acids is 1. The van der Waals surface area contributed by atoms with Gasteiger partial charge in [-0.15, -0.1) is 0 Å². The molecule has 0 aromatic heterocycles. The van der Waals surface area contributed by atoms with Crippen molar-refractivity contribution in [3.63, 3.8) is 0 Å². The smallest absolute Gasteiger partial charge is 0.309 e. The Kier molecular flexibility index (Phi) is 5.13. The number of hydrogen-bond acceptors (Lipinski definition) is 2. The van der Waals surface area contributed by atoms with Crippen molar-refractivity contribution < 1.29 is 9.90 Å². The van der Waals surface area contributed by atoms with E-state index in [0.717, 1.165) is 19.4 Å². The molecule has 3 heteroatoms. The molecule has 0 amide bonds. The maximum absolute atomic E-state index is 10.8. The highest BCUT2D eigenvalue weighted by atomic mass is 16.4. The van der Waals surface area contributed by atoms with E-state index in [9.17, 15) is 4.79 Å². The summed E-state index contributed by atoms with van der Waals surface area (Å²) >= 11 is 0. The number of rotatable bonds is 6. The van der Waals surface area contributed by atoms with Crippen molar-refractivity contribution in [2.24, 2.45) is 5.41 Å². The lowest BCUT2D eigenvalue weighted by atomic mass is 9.88. The van der Waals surface area contributed by atoms with E-state index in [1.54, 1.807) is 13.8 Å². The van der Waals surface area contributed by atoms with Gasteiger partial charge in [-0.3, -0.25) is 4.79 Å². The Morgan fingerprint density at radius 2 is 1.93 bits per heavy atom. The zero-order valence-electron chi connectivity index (χ0n) is 10.0. The van der Waals surface area contributed by atoms with Crippen molar-refractivity contribution in [1.82, 2.24) is 4.90 Å². The minimum Gasteiger partial charge on any atom is -0.481 e. The molecule has 0 aromatic carbocycles. The van der Waals surface area contributed by atoms with Crippen LogP contribution in [0.4, 0.5) is 0 Å². The molecule has 0 aromatic rings. The fraction of sp³-hybridized carbons (Fsp3) is 0.909. The van der Waals surface area contributed by atoms with Gasteiger partial charge in [0.1, 0.15) is 0 Å². The molecule has 0 radical (unpaired) electrons. The zero-order chi connectivity index (χ0) is 11.4. The molecule has 0 spiro atoms. The molecule has 14 heavy (non-hydrogen) atoms. The van der Waals surface area contributed by atoms with Crippen LogP contribution in [0.2, 0.25) is 0 Å². The van der Waals surface area contributed by atoms with Crippen LogP contribution in [0.1, 0.15) is 40.5 Å². The average molecular weight is 201 g/mol. The van der Waals surface area contributed by atoms with Crippen LogP contribution in [0.15, 0.2) is 0 Å². The molecule has 0 aliphatic carbocycles. The first-order chi connectivity index (χ1) is 6.27.